The molecule has 2 N–H and O–H groups in total. The van der Waals surface area contributed by atoms with E-state index in [0.717, 1.165) is 36.9 Å². The highest BCUT2D eigenvalue weighted by Crippen LogP contribution is 2.32. The number of likely N-dealkylation sites (tertiary alicyclic amines) is 1. The quantitative estimate of drug-likeness (QED) is 0.858. The molecule has 1 aliphatic carbocycles. The maximum atomic E-state index is 13.1. The number of hydrogen-bond donors (Lipinski definition) is 1. The van der Waals surface area contributed by atoms with E-state index in [4.69, 9.17) is 5.73 Å². The Bertz CT molecular complexity index is 836. The molecule has 0 bridgehead atoms. The second-order valence-corrected chi connectivity index (χ2v) is 7.37. The summed E-state index contributed by atoms with van der Waals surface area (Å²) in [4.78, 5) is 27.5. The molecule has 1 aromatic heterocycles. The Labute approximate surface area is 153 Å². The van der Waals surface area contributed by atoms with Gasteiger partial charge in [-0.3, -0.25) is 9.59 Å². The minimum atomic E-state index is -0.402. The van der Waals surface area contributed by atoms with Gasteiger partial charge in [0.25, 0.3) is 0 Å². The maximum Gasteiger partial charge on any atom is 0.226 e. The number of rotatable bonds is 4. The molecule has 6 nitrogen and oxygen atoms in total. The van der Waals surface area contributed by atoms with Crippen molar-refractivity contribution in [2.75, 3.05) is 12.3 Å². The summed E-state index contributed by atoms with van der Waals surface area (Å²) in [5.74, 6) is 0.487. The van der Waals surface area contributed by atoms with Crippen molar-refractivity contribution in [3.63, 3.8) is 0 Å². The van der Waals surface area contributed by atoms with Crippen LogP contribution in [0, 0.1) is 12.8 Å². The first-order chi connectivity index (χ1) is 12.6. The van der Waals surface area contributed by atoms with E-state index in [-0.39, 0.29) is 17.6 Å². The van der Waals surface area contributed by atoms with E-state index in [1.807, 2.05) is 31.2 Å². The van der Waals surface area contributed by atoms with Crippen molar-refractivity contribution < 1.29 is 9.59 Å². The molecule has 0 unspecified atom stereocenters. The number of nitrogens with two attached hydrogens (primary N) is 1. The van der Waals surface area contributed by atoms with E-state index in [1.165, 1.54) is 6.20 Å². The van der Waals surface area contributed by atoms with E-state index >= 15 is 0 Å². The molecule has 2 aliphatic rings. The number of anilines is 1. The van der Waals surface area contributed by atoms with Crippen molar-refractivity contribution in [2.45, 2.75) is 45.1 Å². The normalized spacial score (nSPS) is 20.2. The van der Waals surface area contributed by atoms with Gasteiger partial charge < -0.3 is 10.6 Å². The fraction of sp³-hybridized carbons (Fsp3) is 0.450. The highest BCUT2D eigenvalue weighted by atomic mass is 16.2. The van der Waals surface area contributed by atoms with Crippen LogP contribution in [0.25, 0.3) is 5.69 Å². The van der Waals surface area contributed by atoms with E-state index < -0.39 is 6.04 Å². The second-order valence-electron chi connectivity index (χ2n) is 7.37. The van der Waals surface area contributed by atoms with Gasteiger partial charge in [-0.2, -0.15) is 5.10 Å². The number of amides is 1. The smallest absolute Gasteiger partial charge is 0.226 e. The predicted molar refractivity (Wildman–Crippen MR) is 99.1 cm³/mol. The van der Waals surface area contributed by atoms with Gasteiger partial charge in [-0.15, -0.1) is 0 Å². The van der Waals surface area contributed by atoms with Crippen LogP contribution in [0.15, 0.2) is 30.5 Å². The van der Waals surface area contributed by atoms with E-state index in [0.29, 0.717) is 24.3 Å². The summed E-state index contributed by atoms with van der Waals surface area (Å²) in [7, 11) is 0. The number of nitrogen functional groups attached to an aromatic ring is 1. The minimum absolute atomic E-state index is 0.0916. The Balaban J connectivity index is 1.58. The van der Waals surface area contributed by atoms with Crippen LogP contribution in [-0.4, -0.2) is 39.0 Å². The van der Waals surface area contributed by atoms with Crippen LogP contribution in [-0.2, 0) is 4.79 Å². The number of Topliss-reactive ketones (excluding diaryl/α,β-unsaturated/α-hetero) is 1. The highest BCUT2D eigenvalue weighted by Gasteiger charge is 2.39. The Hall–Kier alpha value is -2.63. The van der Waals surface area contributed by atoms with Crippen LogP contribution in [0.5, 0.6) is 0 Å². The predicted octanol–water partition coefficient (Wildman–Crippen LogP) is 2.74. The second kappa shape index (κ2) is 6.59. The molecule has 1 aliphatic heterocycles. The number of carbonyl (C=O) groups excluding carboxylic acids is 2. The van der Waals surface area contributed by atoms with Gasteiger partial charge in [-0.1, -0.05) is 24.1 Å². The Morgan fingerprint density at radius 1 is 1.12 bits per heavy atom. The number of aromatic nitrogens is 2. The van der Waals surface area contributed by atoms with Gasteiger partial charge in [0.15, 0.2) is 5.78 Å². The topological polar surface area (TPSA) is 81.2 Å². The molecule has 26 heavy (non-hydrogen) atoms. The molecule has 1 saturated heterocycles. The van der Waals surface area contributed by atoms with Gasteiger partial charge in [0, 0.05) is 12.5 Å². The zero-order chi connectivity index (χ0) is 18.3. The third-order valence-electron chi connectivity index (χ3n) is 5.64. The highest BCUT2D eigenvalue weighted by molar-refractivity contribution is 6.05. The van der Waals surface area contributed by atoms with Gasteiger partial charge in [0.1, 0.15) is 5.82 Å². The lowest BCUT2D eigenvalue weighted by Crippen LogP contribution is -2.45. The van der Waals surface area contributed by atoms with Crippen molar-refractivity contribution in [3.05, 3.63) is 41.6 Å². The molecular weight excluding hydrogens is 328 g/mol. The summed E-state index contributed by atoms with van der Waals surface area (Å²) in [6, 6.07) is 7.41. The largest absolute Gasteiger partial charge is 0.383 e. The Morgan fingerprint density at radius 2 is 1.85 bits per heavy atom. The lowest BCUT2D eigenvalue weighted by atomic mass is 9.84. The number of benzene rings is 1. The standard InChI is InChI=1S/C20H24N4O2/c1-13-7-9-15(10-8-13)24-19(21)16(12-22-24)18(25)17-6-3-11-23(17)20(26)14-4-2-5-14/h7-10,12,14,17H,2-6,11,21H2,1H3/t17-/m0/s1. The molecule has 2 heterocycles. The van der Waals surface area contributed by atoms with Crippen molar-refractivity contribution in [2.24, 2.45) is 5.92 Å². The van der Waals surface area contributed by atoms with Crippen LogP contribution in [0.2, 0.25) is 0 Å². The SMILES string of the molecule is Cc1ccc(-n2ncc(C(=O)[C@@H]3CCCN3C(=O)C3CCC3)c2N)cc1. The van der Waals surface area contributed by atoms with Gasteiger partial charge in [-0.25, -0.2) is 4.68 Å². The maximum absolute atomic E-state index is 13.1. The zero-order valence-electron chi connectivity index (χ0n) is 15.0. The summed E-state index contributed by atoms with van der Waals surface area (Å²) < 4.78 is 1.58. The molecule has 1 saturated carbocycles. The molecule has 0 radical (unpaired) electrons. The van der Waals surface area contributed by atoms with Crippen LogP contribution in [0.1, 0.15) is 48.0 Å². The van der Waals surface area contributed by atoms with E-state index in [2.05, 4.69) is 5.10 Å². The van der Waals surface area contributed by atoms with Crippen molar-refractivity contribution >= 4 is 17.5 Å². The Kier molecular flexibility index (Phi) is 4.26. The molecule has 1 atom stereocenters. The first-order valence-electron chi connectivity index (χ1n) is 9.31. The van der Waals surface area contributed by atoms with Crippen LogP contribution in [0.4, 0.5) is 5.82 Å². The zero-order valence-corrected chi connectivity index (χ0v) is 15.0. The fourth-order valence-corrected chi connectivity index (χ4v) is 3.81. The molecular formula is C20H24N4O2. The van der Waals surface area contributed by atoms with Gasteiger partial charge in [0.05, 0.1) is 23.5 Å². The number of carbonyl (C=O) groups is 2. The molecule has 2 aromatic rings. The molecule has 4 rings (SSSR count). The monoisotopic (exact) mass is 352 g/mol. The molecule has 2 fully saturated rings. The molecule has 1 aromatic carbocycles. The van der Waals surface area contributed by atoms with E-state index in [1.54, 1.807) is 9.58 Å². The summed E-state index contributed by atoms with van der Waals surface area (Å²) in [5.41, 5.74) is 8.61. The minimum Gasteiger partial charge on any atom is -0.383 e. The third kappa shape index (κ3) is 2.79. The number of ketones is 1. The van der Waals surface area contributed by atoms with Crippen molar-refractivity contribution in [1.29, 1.82) is 0 Å². The summed E-state index contributed by atoms with van der Waals surface area (Å²) in [6.45, 7) is 2.68. The lowest BCUT2D eigenvalue weighted by Gasteiger charge is -2.32. The van der Waals surface area contributed by atoms with Crippen LogP contribution >= 0.6 is 0 Å². The van der Waals surface area contributed by atoms with Crippen LogP contribution in [0.3, 0.4) is 0 Å². The Morgan fingerprint density at radius 3 is 2.50 bits per heavy atom. The summed E-state index contributed by atoms with van der Waals surface area (Å²) in [6.07, 6.45) is 6.10. The van der Waals surface area contributed by atoms with Gasteiger partial charge in [0.2, 0.25) is 5.91 Å². The first-order valence-corrected chi connectivity index (χ1v) is 9.31. The van der Waals surface area contributed by atoms with Gasteiger partial charge >= 0.3 is 0 Å². The van der Waals surface area contributed by atoms with Crippen molar-refractivity contribution in [1.82, 2.24) is 14.7 Å². The first kappa shape index (κ1) is 16.8. The fourth-order valence-electron chi connectivity index (χ4n) is 3.81. The average Bonchev–Trinajstić information content (AvgIpc) is 3.20. The summed E-state index contributed by atoms with van der Waals surface area (Å²) in [5, 5.41) is 4.31. The van der Waals surface area contributed by atoms with Gasteiger partial charge in [-0.05, 0) is 44.7 Å². The average molecular weight is 352 g/mol. The number of nitrogens with zero attached hydrogens (tertiary/aromatic N) is 3. The molecule has 0 spiro atoms. The number of hydrogen-bond acceptors (Lipinski definition) is 4. The lowest BCUT2D eigenvalue weighted by molar-refractivity contribution is -0.138. The number of aryl methyl sites for hydroxylation is 1. The van der Waals surface area contributed by atoms with Crippen LogP contribution < -0.4 is 5.73 Å². The van der Waals surface area contributed by atoms with E-state index in [9.17, 15) is 9.59 Å². The summed E-state index contributed by atoms with van der Waals surface area (Å²) >= 11 is 0. The van der Waals surface area contributed by atoms with Crippen molar-refractivity contribution in [3.8, 4) is 5.69 Å². The molecule has 136 valence electrons. The third-order valence-corrected chi connectivity index (χ3v) is 5.64. The molecule has 1 amide bonds. The molecule has 6 heteroatoms.